The number of carbonyl (C=O) groups is 1. The highest BCUT2D eigenvalue weighted by Gasteiger charge is 2.61. The fourth-order valence-corrected chi connectivity index (χ4v) is 5.14. The lowest BCUT2D eigenvalue weighted by Crippen LogP contribution is -2.53. The molecule has 2 aromatic rings. The maximum Gasteiger partial charge on any atom is 0.459 e. The van der Waals surface area contributed by atoms with Crippen molar-refractivity contribution in [1.82, 2.24) is 14.6 Å². The second-order valence-corrected chi connectivity index (χ2v) is 12.1. The summed E-state index contributed by atoms with van der Waals surface area (Å²) in [5.74, 6) is -0.982. The number of alkyl halides is 2. The van der Waals surface area contributed by atoms with Crippen LogP contribution in [-0.2, 0) is 23.4 Å². The average molecular weight is 591 g/mol. The average Bonchev–Trinajstić information content (AvgIpc) is 3.12. The molecule has 0 bridgehead atoms. The molecule has 40 heavy (non-hydrogen) atoms. The van der Waals surface area contributed by atoms with Crippen molar-refractivity contribution < 1.29 is 46.9 Å². The Hall–Kier alpha value is -2.94. The van der Waals surface area contributed by atoms with Gasteiger partial charge in [0.25, 0.3) is 6.43 Å². The maximum absolute atomic E-state index is 14.5. The lowest BCUT2D eigenvalue weighted by atomic mass is 9.96. The summed E-state index contributed by atoms with van der Waals surface area (Å²) < 4.78 is 64.6. The molecule has 0 radical (unpaired) electrons. The molecule has 6 atom stereocenters. The number of rotatable bonds is 11. The first-order chi connectivity index (χ1) is 18.6. The molecule has 5 N–H and O–H groups in total. The van der Waals surface area contributed by atoms with Gasteiger partial charge in [-0.1, -0.05) is 39.0 Å². The molecule has 16 heteroatoms. The Morgan fingerprint density at radius 3 is 2.50 bits per heavy atom. The van der Waals surface area contributed by atoms with Crippen LogP contribution in [0.15, 0.2) is 47.4 Å². The van der Waals surface area contributed by atoms with Gasteiger partial charge in [0.1, 0.15) is 29.8 Å². The number of anilines is 1. The monoisotopic (exact) mass is 590 g/mol. The summed E-state index contributed by atoms with van der Waals surface area (Å²) in [7, 11) is -4.66. The summed E-state index contributed by atoms with van der Waals surface area (Å²) in [6.07, 6.45) is -8.65. The number of hydrogen-bond donors (Lipinski definition) is 4. The van der Waals surface area contributed by atoms with Gasteiger partial charge >= 0.3 is 19.4 Å². The molecule has 2 heterocycles. The Kier molecular flexibility index (Phi) is 9.70. The normalized spacial score (nSPS) is 25.4. The fourth-order valence-electron chi connectivity index (χ4n) is 3.61. The van der Waals surface area contributed by atoms with Gasteiger partial charge in [-0.2, -0.15) is 10.1 Å². The molecule has 13 nitrogen and oxygen atoms in total. The van der Waals surface area contributed by atoms with Crippen molar-refractivity contribution in [2.24, 2.45) is 5.41 Å². The van der Waals surface area contributed by atoms with Gasteiger partial charge in [0.15, 0.2) is 11.8 Å². The summed E-state index contributed by atoms with van der Waals surface area (Å²) in [6, 6.07) is 7.42. The van der Waals surface area contributed by atoms with E-state index in [9.17, 15) is 33.1 Å². The van der Waals surface area contributed by atoms with Gasteiger partial charge in [0, 0.05) is 6.20 Å². The topological polar surface area (TPSA) is 184 Å². The van der Waals surface area contributed by atoms with E-state index in [1.165, 1.54) is 19.1 Å². The number of nitrogen functional groups attached to an aromatic ring is 1. The minimum atomic E-state index is -4.66. The quantitative estimate of drug-likeness (QED) is 0.220. The maximum atomic E-state index is 14.5. The molecular formula is C24H33F2N4O9P. The summed E-state index contributed by atoms with van der Waals surface area (Å²) >= 11 is 0. The van der Waals surface area contributed by atoms with Gasteiger partial charge in [-0.15, -0.1) is 0 Å². The molecular weight excluding hydrogens is 557 g/mol. The largest absolute Gasteiger partial charge is 0.464 e. The van der Waals surface area contributed by atoms with Crippen molar-refractivity contribution in [3.8, 4) is 5.75 Å². The molecule has 1 aromatic heterocycles. The standard InChI is InChI=1S/C24H33F2N4O9P/c1-14(20(33)36-12-23(2,3)4)29-40(35,39-15-8-6-5-7-9-15)37-13-24(21(25)26)18(32)17(31)19(38-24)30-11-10-16(27)28-22(30)34/h5-11,14,17-19,21,31-32H,12-13H2,1-4H3,(H,29,35)(H2,27,28,34)/t14-,17+,18-,19+,24+,40?/m0/s1. The number of nitrogens with one attached hydrogen (secondary N) is 1. The first kappa shape index (κ1) is 31.6. The summed E-state index contributed by atoms with van der Waals surface area (Å²) in [6.45, 7) is 5.54. The van der Waals surface area contributed by atoms with E-state index < -0.39 is 62.5 Å². The van der Waals surface area contributed by atoms with Crippen LogP contribution in [-0.4, -0.2) is 69.2 Å². The van der Waals surface area contributed by atoms with E-state index >= 15 is 0 Å². The smallest absolute Gasteiger partial charge is 0.459 e. The number of halogens is 2. The highest BCUT2D eigenvalue weighted by molar-refractivity contribution is 7.52. The zero-order chi connectivity index (χ0) is 29.9. The molecule has 0 spiro atoms. The predicted octanol–water partition coefficient (Wildman–Crippen LogP) is 1.85. The highest BCUT2D eigenvalue weighted by atomic mass is 31.2. The second kappa shape index (κ2) is 12.3. The first-order valence-electron chi connectivity index (χ1n) is 12.2. The molecule has 3 rings (SSSR count). The minimum absolute atomic E-state index is 0.00462. The number of para-hydroxylation sites is 1. The van der Waals surface area contributed by atoms with Gasteiger partial charge < -0.3 is 29.9 Å². The van der Waals surface area contributed by atoms with E-state index in [0.717, 1.165) is 12.3 Å². The Labute approximate surface area is 228 Å². The van der Waals surface area contributed by atoms with E-state index in [2.05, 4.69) is 10.1 Å². The van der Waals surface area contributed by atoms with Crippen LogP contribution in [0.3, 0.4) is 0 Å². The molecule has 0 aliphatic carbocycles. The first-order valence-corrected chi connectivity index (χ1v) is 13.7. The van der Waals surface area contributed by atoms with E-state index in [1.54, 1.807) is 18.2 Å². The summed E-state index contributed by atoms with van der Waals surface area (Å²) in [4.78, 5) is 28.2. The second-order valence-electron chi connectivity index (χ2n) is 10.4. The Bertz CT molecular complexity index is 1280. The van der Waals surface area contributed by atoms with Crippen LogP contribution in [0.5, 0.6) is 5.75 Å². The van der Waals surface area contributed by atoms with Crippen LogP contribution in [0.4, 0.5) is 14.6 Å². The number of nitrogens with two attached hydrogens (primary N) is 1. The molecule has 1 aliphatic heterocycles. The highest BCUT2D eigenvalue weighted by Crippen LogP contribution is 2.49. The number of aliphatic hydroxyl groups excluding tert-OH is 2. The third-order valence-corrected chi connectivity index (χ3v) is 7.36. The van der Waals surface area contributed by atoms with Gasteiger partial charge in [0.2, 0.25) is 0 Å². The number of esters is 1. The van der Waals surface area contributed by atoms with Crippen molar-refractivity contribution in [1.29, 1.82) is 0 Å². The number of aliphatic hydroxyl groups is 2. The molecule has 1 aromatic carbocycles. The van der Waals surface area contributed by atoms with E-state index in [0.29, 0.717) is 4.57 Å². The van der Waals surface area contributed by atoms with E-state index in [1.807, 2.05) is 20.8 Å². The number of aromatic nitrogens is 2. The number of hydrogen-bond acceptors (Lipinski definition) is 11. The van der Waals surface area contributed by atoms with Gasteiger partial charge in [-0.05, 0) is 30.5 Å². The molecule has 0 saturated carbocycles. The van der Waals surface area contributed by atoms with Crippen LogP contribution in [0, 0.1) is 5.41 Å². The van der Waals surface area contributed by atoms with E-state index in [4.69, 9.17) is 24.3 Å². The Morgan fingerprint density at radius 1 is 1.27 bits per heavy atom. The third-order valence-electron chi connectivity index (χ3n) is 5.73. The molecule has 1 fully saturated rings. The number of ether oxygens (including phenoxy) is 2. The SMILES string of the molecule is C[C@H](NP(=O)(OC[C@@]1(C(F)F)O[C@@H](n2ccc(N)nc2=O)[C@H](O)[C@@H]1O)Oc1ccccc1)C(=O)OCC(C)(C)C. The lowest BCUT2D eigenvalue weighted by molar-refractivity contribution is -0.192. The fraction of sp³-hybridized carbons (Fsp3) is 0.542. The van der Waals surface area contributed by atoms with Crippen LogP contribution < -0.4 is 21.0 Å². The van der Waals surface area contributed by atoms with Crippen molar-refractivity contribution in [2.75, 3.05) is 18.9 Å². The van der Waals surface area contributed by atoms with Gasteiger partial charge in [-0.25, -0.2) is 18.1 Å². The minimum Gasteiger partial charge on any atom is -0.464 e. The molecule has 0 amide bonds. The molecule has 1 saturated heterocycles. The van der Waals surface area contributed by atoms with Crippen LogP contribution in [0.25, 0.3) is 0 Å². The molecule has 222 valence electrons. The van der Waals surface area contributed by atoms with Crippen LogP contribution >= 0.6 is 7.75 Å². The molecule has 1 unspecified atom stereocenters. The van der Waals surface area contributed by atoms with Crippen molar-refractivity contribution >= 4 is 19.5 Å². The van der Waals surface area contributed by atoms with E-state index in [-0.39, 0.29) is 23.6 Å². The summed E-state index contributed by atoms with van der Waals surface area (Å²) in [5.41, 5.74) is 1.07. The lowest BCUT2D eigenvalue weighted by Gasteiger charge is -2.32. The zero-order valence-electron chi connectivity index (χ0n) is 22.3. The molecule has 1 aliphatic rings. The van der Waals surface area contributed by atoms with Crippen LogP contribution in [0.2, 0.25) is 0 Å². The number of carbonyl (C=O) groups excluding carboxylic acids is 1. The Balaban J connectivity index is 1.87. The van der Waals surface area contributed by atoms with Crippen molar-refractivity contribution in [3.63, 3.8) is 0 Å². The van der Waals surface area contributed by atoms with Crippen molar-refractivity contribution in [3.05, 3.63) is 53.1 Å². The van der Waals surface area contributed by atoms with Crippen molar-refractivity contribution in [2.45, 2.75) is 64.2 Å². The Morgan fingerprint density at radius 2 is 1.93 bits per heavy atom. The van der Waals surface area contributed by atoms with Gasteiger partial charge in [-0.3, -0.25) is 13.9 Å². The predicted molar refractivity (Wildman–Crippen MR) is 137 cm³/mol. The zero-order valence-corrected chi connectivity index (χ0v) is 23.2. The van der Waals surface area contributed by atoms with Gasteiger partial charge in [0.05, 0.1) is 13.2 Å². The summed E-state index contributed by atoms with van der Waals surface area (Å²) in [5, 5.41) is 23.5. The third kappa shape index (κ3) is 7.42. The van der Waals surface area contributed by atoms with Crippen LogP contribution in [0.1, 0.15) is 33.9 Å². The number of nitrogens with zero attached hydrogens (tertiary/aromatic N) is 2. The number of benzene rings is 1.